The molecule has 0 saturated carbocycles. The molecule has 2 heterocycles. The molecular weight excluding hydrogens is 338 g/mol. The molecular formula is C20H26ClNO3. The summed E-state index contributed by atoms with van der Waals surface area (Å²) >= 11 is 6.30. The zero-order valence-corrected chi connectivity index (χ0v) is 15.7. The van der Waals surface area contributed by atoms with Gasteiger partial charge in [0.15, 0.2) is 0 Å². The molecule has 1 N–H and O–H groups in total. The fourth-order valence-corrected chi connectivity index (χ4v) is 3.98. The minimum atomic E-state index is -0.367. The molecule has 1 aromatic heterocycles. The average Bonchev–Trinajstić information content (AvgIpc) is 2.58. The predicted octanol–water partition coefficient (Wildman–Crippen LogP) is 4.73. The number of phenolic OH excluding ortho intramolecular Hbond substituents is 1. The minimum absolute atomic E-state index is 0.0307. The number of likely N-dealkylation sites (tertiary alicyclic amines) is 1. The lowest BCUT2D eigenvalue weighted by Crippen LogP contribution is -2.33. The van der Waals surface area contributed by atoms with Crippen LogP contribution < -0.4 is 5.63 Å². The summed E-state index contributed by atoms with van der Waals surface area (Å²) in [6.45, 7) is 6.87. The highest BCUT2D eigenvalue weighted by atomic mass is 35.5. The van der Waals surface area contributed by atoms with E-state index in [1.54, 1.807) is 12.1 Å². The van der Waals surface area contributed by atoms with Gasteiger partial charge in [-0.1, -0.05) is 31.9 Å². The molecule has 1 saturated heterocycles. The molecule has 5 heteroatoms. The summed E-state index contributed by atoms with van der Waals surface area (Å²) in [4.78, 5) is 14.4. The van der Waals surface area contributed by atoms with E-state index < -0.39 is 0 Å². The third kappa shape index (κ3) is 4.01. The topological polar surface area (TPSA) is 53.7 Å². The number of hydrogen-bond acceptors (Lipinski definition) is 4. The van der Waals surface area contributed by atoms with Crippen molar-refractivity contribution in [3.63, 3.8) is 0 Å². The molecule has 1 aromatic carbocycles. The van der Waals surface area contributed by atoms with E-state index in [-0.39, 0.29) is 11.4 Å². The normalized spacial score (nSPS) is 18.8. The Morgan fingerprint density at radius 1 is 1.40 bits per heavy atom. The third-order valence-electron chi connectivity index (χ3n) is 5.07. The van der Waals surface area contributed by atoms with Gasteiger partial charge in [-0.05, 0) is 49.8 Å². The van der Waals surface area contributed by atoms with Crippen LogP contribution in [0.2, 0.25) is 5.02 Å². The van der Waals surface area contributed by atoms with Crippen LogP contribution in [0.1, 0.15) is 50.7 Å². The van der Waals surface area contributed by atoms with Crippen LogP contribution in [0, 0.1) is 5.92 Å². The van der Waals surface area contributed by atoms with E-state index >= 15 is 0 Å². The molecule has 136 valence electrons. The van der Waals surface area contributed by atoms with Crippen molar-refractivity contribution in [3.05, 3.63) is 38.7 Å². The SMILES string of the molecule is CCCCc1cc(=O)oc2c(CN3CCC[C@H](C)C3)c(O)c(Cl)cc12. The number of aromatic hydroxyl groups is 1. The van der Waals surface area contributed by atoms with Gasteiger partial charge in [0.05, 0.1) is 10.6 Å². The molecule has 4 nitrogen and oxygen atoms in total. The minimum Gasteiger partial charge on any atom is -0.506 e. The highest BCUT2D eigenvalue weighted by Gasteiger charge is 2.22. The quantitative estimate of drug-likeness (QED) is 0.780. The number of halogens is 1. The highest BCUT2D eigenvalue weighted by Crippen LogP contribution is 2.37. The van der Waals surface area contributed by atoms with Gasteiger partial charge in [-0.3, -0.25) is 4.90 Å². The Kier molecular flexibility index (Phi) is 5.70. The molecule has 1 atom stereocenters. The van der Waals surface area contributed by atoms with Gasteiger partial charge in [-0.2, -0.15) is 0 Å². The lowest BCUT2D eigenvalue weighted by molar-refractivity contribution is 0.175. The molecule has 0 spiro atoms. The fourth-order valence-electron chi connectivity index (χ4n) is 3.75. The number of fused-ring (bicyclic) bond motifs is 1. The summed E-state index contributed by atoms with van der Waals surface area (Å²) in [6, 6.07) is 3.28. The average molecular weight is 364 g/mol. The summed E-state index contributed by atoms with van der Waals surface area (Å²) in [5.74, 6) is 0.664. The number of aryl methyl sites for hydroxylation is 1. The second-order valence-corrected chi connectivity index (χ2v) is 7.65. The van der Waals surface area contributed by atoms with Crippen molar-refractivity contribution in [2.45, 2.75) is 52.5 Å². The van der Waals surface area contributed by atoms with Crippen LogP contribution in [0.15, 0.2) is 21.3 Å². The lowest BCUT2D eigenvalue weighted by atomic mass is 9.98. The highest BCUT2D eigenvalue weighted by molar-refractivity contribution is 6.33. The third-order valence-corrected chi connectivity index (χ3v) is 5.35. The molecule has 1 aliphatic rings. The number of nitrogens with zero attached hydrogens (tertiary/aromatic N) is 1. The maximum absolute atomic E-state index is 12.1. The van der Waals surface area contributed by atoms with E-state index in [2.05, 4.69) is 18.7 Å². The largest absolute Gasteiger partial charge is 0.506 e. The van der Waals surface area contributed by atoms with Crippen LogP contribution in [-0.2, 0) is 13.0 Å². The van der Waals surface area contributed by atoms with Gasteiger partial charge in [-0.15, -0.1) is 0 Å². The van der Waals surface area contributed by atoms with Crippen molar-refractivity contribution < 1.29 is 9.52 Å². The summed E-state index contributed by atoms with van der Waals surface area (Å²) in [7, 11) is 0. The Balaban J connectivity index is 2.08. The standard InChI is InChI=1S/C20H26ClNO3/c1-3-4-7-14-9-18(23)25-20-15(14)10-17(21)19(24)16(20)12-22-8-5-6-13(2)11-22/h9-10,13,24H,3-8,11-12H2,1-2H3/t13-/m0/s1. The Morgan fingerprint density at radius 2 is 2.20 bits per heavy atom. The number of piperidine rings is 1. The first-order valence-corrected chi connectivity index (χ1v) is 9.56. The zero-order chi connectivity index (χ0) is 18.0. The summed E-state index contributed by atoms with van der Waals surface area (Å²) in [5.41, 5.74) is 1.70. The summed E-state index contributed by atoms with van der Waals surface area (Å²) in [6.07, 6.45) is 5.23. The second-order valence-electron chi connectivity index (χ2n) is 7.24. The Labute approximate surface area is 153 Å². The fraction of sp³-hybridized carbons (Fsp3) is 0.550. The van der Waals surface area contributed by atoms with E-state index in [1.165, 1.54) is 6.42 Å². The van der Waals surface area contributed by atoms with Crippen LogP contribution in [0.25, 0.3) is 11.0 Å². The van der Waals surface area contributed by atoms with Crippen LogP contribution in [0.3, 0.4) is 0 Å². The van der Waals surface area contributed by atoms with E-state index in [1.807, 2.05) is 0 Å². The summed E-state index contributed by atoms with van der Waals surface area (Å²) in [5, 5.41) is 11.7. The first-order chi connectivity index (χ1) is 12.0. The van der Waals surface area contributed by atoms with Gasteiger partial charge in [0, 0.05) is 24.5 Å². The molecule has 2 aromatic rings. The smallest absolute Gasteiger partial charge is 0.336 e. The van der Waals surface area contributed by atoms with Gasteiger partial charge in [0.2, 0.25) is 0 Å². The Bertz CT molecular complexity index is 815. The van der Waals surface area contributed by atoms with Crippen LogP contribution in [0.5, 0.6) is 5.75 Å². The van der Waals surface area contributed by atoms with E-state index in [9.17, 15) is 9.90 Å². The number of benzene rings is 1. The molecule has 0 radical (unpaired) electrons. The zero-order valence-electron chi connectivity index (χ0n) is 15.0. The number of phenols is 1. The first kappa shape index (κ1) is 18.3. The number of unbranched alkanes of at least 4 members (excludes halogenated alkanes) is 1. The Hall–Kier alpha value is -1.52. The van der Waals surface area contributed by atoms with E-state index in [0.717, 1.165) is 49.7 Å². The van der Waals surface area contributed by atoms with Gasteiger partial charge in [-0.25, -0.2) is 4.79 Å². The maximum Gasteiger partial charge on any atom is 0.336 e. The van der Waals surface area contributed by atoms with Crippen molar-refractivity contribution in [2.75, 3.05) is 13.1 Å². The van der Waals surface area contributed by atoms with Crippen LogP contribution in [-0.4, -0.2) is 23.1 Å². The van der Waals surface area contributed by atoms with Gasteiger partial charge in [0.25, 0.3) is 0 Å². The van der Waals surface area contributed by atoms with Crippen molar-refractivity contribution in [2.24, 2.45) is 5.92 Å². The Morgan fingerprint density at radius 3 is 2.92 bits per heavy atom. The van der Waals surface area contributed by atoms with E-state index in [4.69, 9.17) is 16.0 Å². The van der Waals surface area contributed by atoms with E-state index in [0.29, 0.717) is 28.6 Å². The second kappa shape index (κ2) is 7.79. The molecule has 1 aliphatic heterocycles. The molecule has 25 heavy (non-hydrogen) atoms. The number of rotatable bonds is 5. The molecule has 0 amide bonds. The molecule has 0 bridgehead atoms. The van der Waals surface area contributed by atoms with Crippen molar-refractivity contribution in [1.82, 2.24) is 4.90 Å². The van der Waals surface area contributed by atoms with Crippen molar-refractivity contribution >= 4 is 22.6 Å². The molecule has 0 aliphatic carbocycles. The number of hydrogen-bond donors (Lipinski definition) is 1. The van der Waals surface area contributed by atoms with Gasteiger partial charge in [0.1, 0.15) is 11.3 Å². The molecule has 3 rings (SSSR count). The van der Waals surface area contributed by atoms with Crippen LogP contribution in [0.4, 0.5) is 0 Å². The van der Waals surface area contributed by atoms with Gasteiger partial charge >= 0.3 is 5.63 Å². The molecule has 0 unspecified atom stereocenters. The van der Waals surface area contributed by atoms with Crippen LogP contribution >= 0.6 is 11.6 Å². The predicted molar refractivity (Wildman–Crippen MR) is 101 cm³/mol. The van der Waals surface area contributed by atoms with Gasteiger partial charge < -0.3 is 9.52 Å². The molecule has 1 fully saturated rings. The summed E-state index contributed by atoms with van der Waals surface area (Å²) < 4.78 is 5.52. The lowest BCUT2D eigenvalue weighted by Gasteiger charge is -2.31. The van der Waals surface area contributed by atoms with Crippen molar-refractivity contribution in [3.8, 4) is 5.75 Å². The van der Waals surface area contributed by atoms with Crippen molar-refractivity contribution in [1.29, 1.82) is 0 Å². The monoisotopic (exact) mass is 363 g/mol. The first-order valence-electron chi connectivity index (χ1n) is 9.19. The maximum atomic E-state index is 12.1.